The third-order valence-electron chi connectivity index (χ3n) is 10.7. The lowest BCUT2D eigenvalue weighted by Crippen LogP contribution is -2.47. The van der Waals surface area contributed by atoms with Gasteiger partial charge in [0.2, 0.25) is 0 Å². The van der Waals surface area contributed by atoms with Crippen molar-refractivity contribution in [3.8, 4) is 5.75 Å². The van der Waals surface area contributed by atoms with E-state index in [4.69, 9.17) is 9.47 Å². The van der Waals surface area contributed by atoms with Gasteiger partial charge in [0.1, 0.15) is 11.9 Å². The van der Waals surface area contributed by atoms with Gasteiger partial charge < -0.3 is 19.5 Å². The number of aliphatic hydroxyl groups is 1. The standard InChI is InChI=1S/C32H48FNO5S/c1-32-14-11-27-26-8-7-25(39-31(36)38-24-12-16-34(2)17-13-24)21-23(26)20-22(30(27)28(32)9-10-29(32)35)6-5-19-40(37)18-4-3-15-33/h7-8,21-22,24,27-30,35H,3-6,9-20H2,1-2H3/t22-,27-,28+,29+,30-,32+,40?/m1/s1. The third-order valence-corrected chi connectivity index (χ3v) is 12.1. The van der Waals surface area contributed by atoms with Gasteiger partial charge in [0.25, 0.3) is 0 Å². The van der Waals surface area contributed by atoms with Gasteiger partial charge in [-0.2, -0.15) is 0 Å². The lowest BCUT2D eigenvalue weighted by Gasteiger charge is -2.53. The molecule has 1 aromatic rings. The van der Waals surface area contributed by atoms with Gasteiger partial charge >= 0.3 is 6.16 Å². The first kappa shape index (κ1) is 30.0. The minimum absolute atomic E-state index is 0.0210. The van der Waals surface area contributed by atoms with Gasteiger partial charge in [0, 0.05) is 35.4 Å². The van der Waals surface area contributed by atoms with E-state index >= 15 is 0 Å². The van der Waals surface area contributed by atoms with Crippen LogP contribution in [0.25, 0.3) is 0 Å². The Kier molecular flexibility index (Phi) is 9.89. The number of carbonyl (C=O) groups is 1. The van der Waals surface area contributed by atoms with Crippen LogP contribution in [-0.2, 0) is 22.0 Å². The number of benzene rings is 1. The van der Waals surface area contributed by atoms with E-state index in [2.05, 4.69) is 24.9 Å². The van der Waals surface area contributed by atoms with Crippen LogP contribution in [0.2, 0.25) is 0 Å². The maximum atomic E-state index is 12.6. The Hall–Kier alpha value is -1.51. The highest BCUT2D eigenvalue weighted by molar-refractivity contribution is 7.84. The molecule has 1 N–H and O–H groups in total. The average molecular weight is 578 g/mol. The van der Waals surface area contributed by atoms with Crippen molar-refractivity contribution in [2.75, 3.05) is 38.3 Å². The monoisotopic (exact) mass is 577 g/mol. The van der Waals surface area contributed by atoms with Crippen LogP contribution >= 0.6 is 0 Å². The summed E-state index contributed by atoms with van der Waals surface area (Å²) in [6.07, 6.45) is 8.76. The molecule has 0 radical (unpaired) electrons. The molecule has 1 saturated heterocycles. The molecule has 2 saturated carbocycles. The van der Waals surface area contributed by atoms with Gasteiger partial charge in [0.05, 0.1) is 12.8 Å². The topological polar surface area (TPSA) is 76.1 Å². The first-order valence-electron chi connectivity index (χ1n) is 15.6. The van der Waals surface area contributed by atoms with E-state index in [1.807, 2.05) is 12.1 Å². The molecule has 1 aromatic carbocycles. The smallest absolute Gasteiger partial charge is 0.431 e. The summed E-state index contributed by atoms with van der Waals surface area (Å²) >= 11 is 0. The molecule has 0 aromatic heterocycles. The predicted molar refractivity (Wildman–Crippen MR) is 156 cm³/mol. The molecular weight excluding hydrogens is 529 g/mol. The quantitative estimate of drug-likeness (QED) is 0.208. The Labute approximate surface area is 241 Å². The van der Waals surface area contributed by atoms with Crippen LogP contribution in [-0.4, -0.2) is 70.9 Å². The van der Waals surface area contributed by atoms with Crippen molar-refractivity contribution in [2.45, 2.75) is 95.7 Å². The Morgan fingerprint density at radius 2 is 1.90 bits per heavy atom. The molecule has 7 atom stereocenters. The summed E-state index contributed by atoms with van der Waals surface area (Å²) < 4.78 is 36.2. The van der Waals surface area contributed by atoms with Crippen molar-refractivity contribution in [1.82, 2.24) is 4.90 Å². The van der Waals surface area contributed by atoms with Gasteiger partial charge in [-0.3, -0.25) is 8.60 Å². The highest BCUT2D eigenvalue weighted by Gasteiger charge is 2.56. The summed E-state index contributed by atoms with van der Waals surface area (Å²) in [5.41, 5.74) is 2.60. The molecule has 1 heterocycles. The highest BCUT2D eigenvalue weighted by atomic mass is 32.2. The number of hydrogen-bond donors (Lipinski definition) is 1. The first-order valence-corrected chi connectivity index (χ1v) is 17.1. The highest BCUT2D eigenvalue weighted by Crippen LogP contribution is 2.62. The number of piperidine rings is 1. The molecule has 1 aliphatic heterocycles. The van der Waals surface area contributed by atoms with Gasteiger partial charge in [-0.05, 0) is 130 Å². The molecule has 0 spiro atoms. The van der Waals surface area contributed by atoms with Crippen molar-refractivity contribution in [1.29, 1.82) is 0 Å². The number of nitrogens with zero attached hydrogens (tertiary/aromatic N) is 1. The van der Waals surface area contributed by atoms with Crippen molar-refractivity contribution in [3.63, 3.8) is 0 Å². The number of rotatable bonds is 10. The number of alkyl halides is 1. The van der Waals surface area contributed by atoms with Gasteiger partial charge in [-0.25, -0.2) is 4.79 Å². The van der Waals surface area contributed by atoms with E-state index in [1.165, 1.54) is 11.1 Å². The van der Waals surface area contributed by atoms with Gasteiger partial charge in [0.15, 0.2) is 0 Å². The van der Waals surface area contributed by atoms with Crippen molar-refractivity contribution in [3.05, 3.63) is 29.3 Å². The SMILES string of the molecule is CN1CCC(OC(=O)Oc2ccc3c(c2)C[C@@H](CCCS(=O)CCCCF)[C@@H]2[C@@H]3CC[C@]3(C)[C@@H](O)CC[C@@H]23)CC1. The number of aliphatic hydroxyl groups excluding tert-OH is 1. The molecule has 224 valence electrons. The fourth-order valence-corrected chi connectivity index (χ4v) is 9.63. The maximum absolute atomic E-state index is 12.6. The van der Waals surface area contributed by atoms with Crippen LogP contribution in [0.1, 0.15) is 88.2 Å². The van der Waals surface area contributed by atoms with Crippen molar-refractivity contribution in [2.24, 2.45) is 23.2 Å². The molecule has 8 heteroatoms. The third kappa shape index (κ3) is 6.59. The number of fused-ring (bicyclic) bond motifs is 5. The summed E-state index contributed by atoms with van der Waals surface area (Å²) in [6.45, 7) is 3.80. The van der Waals surface area contributed by atoms with Crippen molar-refractivity contribution < 1.29 is 28.0 Å². The lowest BCUT2D eigenvalue weighted by atomic mass is 9.52. The fourth-order valence-electron chi connectivity index (χ4n) is 8.41. The summed E-state index contributed by atoms with van der Waals surface area (Å²) in [4.78, 5) is 14.8. The fraction of sp³-hybridized carbons (Fsp3) is 0.781. The van der Waals surface area contributed by atoms with E-state index in [1.54, 1.807) is 0 Å². The van der Waals surface area contributed by atoms with Gasteiger partial charge in [-0.1, -0.05) is 13.0 Å². The molecule has 6 nitrogen and oxygen atoms in total. The first-order chi connectivity index (χ1) is 19.3. The second kappa shape index (κ2) is 13.2. The molecular formula is C32H48FNO5S. The number of ether oxygens (including phenoxy) is 2. The lowest BCUT2D eigenvalue weighted by molar-refractivity contribution is -0.0393. The van der Waals surface area contributed by atoms with Crippen LogP contribution in [0.15, 0.2) is 18.2 Å². The maximum Gasteiger partial charge on any atom is 0.514 e. The van der Waals surface area contributed by atoms with E-state index in [9.17, 15) is 18.5 Å². The molecule has 5 rings (SSSR count). The van der Waals surface area contributed by atoms with Crippen LogP contribution in [0, 0.1) is 23.2 Å². The van der Waals surface area contributed by atoms with Crippen LogP contribution in [0.4, 0.5) is 9.18 Å². The van der Waals surface area contributed by atoms with E-state index in [0.717, 1.165) is 70.9 Å². The summed E-state index contributed by atoms with van der Waals surface area (Å²) in [7, 11) is 1.18. The largest absolute Gasteiger partial charge is 0.514 e. The molecule has 0 bridgehead atoms. The summed E-state index contributed by atoms with van der Waals surface area (Å²) in [5.74, 6) is 3.68. The van der Waals surface area contributed by atoms with E-state index in [0.29, 0.717) is 53.8 Å². The number of halogens is 1. The Morgan fingerprint density at radius 3 is 2.67 bits per heavy atom. The Morgan fingerprint density at radius 1 is 1.12 bits per heavy atom. The minimum Gasteiger partial charge on any atom is -0.431 e. The zero-order chi connectivity index (χ0) is 28.3. The van der Waals surface area contributed by atoms with Crippen molar-refractivity contribution >= 4 is 17.0 Å². The molecule has 4 aliphatic rings. The second-order valence-electron chi connectivity index (χ2n) is 13.1. The van der Waals surface area contributed by atoms with Gasteiger partial charge in [-0.15, -0.1) is 0 Å². The van der Waals surface area contributed by atoms with E-state index in [-0.39, 0.29) is 24.3 Å². The summed E-state index contributed by atoms with van der Waals surface area (Å²) in [5, 5.41) is 10.9. The molecule has 3 aliphatic carbocycles. The zero-order valence-corrected chi connectivity index (χ0v) is 25.1. The predicted octanol–water partition coefficient (Wildman–Crippen LogP) is 6.02. The Bertz CT molecular complexity index is 1050. The number of unbranched alkanes of at least 4 members (excludes halogenated alkanes) is 1. The molecule has 1 unspecified atom stereocenters. The molecule has 40 heavy (non-hydrogen) atoms. The number of hydrogen-bond acceptors (Lipinski definition) is 6. The molecule has 0 amide bonds. The van der Waals surface area contributed by atoms with Crippen LogP contribution in [0.3, 0.4) is 0 Å². The summed E-state index contributed by atoms with van der Waals surface area (Å²) in [6, 6.07) is 6.13. The zero-order valence-electron chi connectivity index (χ0n) is 24.3. The number of likely N-dealkylation sites (tertiary alicyclic amines) is 1. The average Bonchev–Trinajstić information content (AvgIpc) is 3.24. The van der Waals surface area contributed by atoms with E-state index < -0.39 is 17.0 Å². The van der Waals surface area contributed by atoms with Crippen LogP contribution < -0.4 is 4.74 Å². The minimum atomic E-state index is -0.897. The Balaban J connectivity index is 1.28. The second-order valence-corrected chi connectivity index (χ2v) is 14.8. The normalized spacial score (nSPS) is 33.0. The molecule has 3 fully saturated rings. The van der Waals surface area contributed by atoms with Crippen LogP contribution in [0.5, 0.6) is 5.75 Å². The number of carbonyl (C=O) groups excluding carboxylic acids is 1.